The maximum absolute atomic E-state index is 2.35. The highest BCUT2D eigenvalue weighted by Crippen LogP contribution is 2.42. The Hall–Kier alpha value is -1.31. The first-order valence-electron chi connectivity index (χ1n) is 5.65. The number of hydrogen-bond donors (Lipinski definition) is 0. The first-order valence-corrected chi connectivity index (χ1v) is 5.65. The Morgan fingerprint density at radius 2 is 1.87 bits per heavy atom. The number of hydrogen-bond acceptors (Lipinski definition) is 0. The van der Waals surface area contributed by atoms with Crippen LogP contribution in [0.25, 0.3) is 10.9 Å². The Kier molecular flexibility index (Phi) is 1.85. The standard InChI is InChI=1S/C13H15BN/c1-9-13(14-9)12-8-7-10-5-3-4-6-11(10)15(12)2/h3-9,13-14H,1-2H3/q+1/t9-,13?/m0/s1. The van der Waals surface area contributed by atoms with Crippen LogP contribution in [0.5, 0.6) is 0 Å². The van der Waals surface area contributed by atoms with Crippen molar-refractivity contribution in [2.24, 2.45) is 7.05 Å². The molecule has 15 heavy (non-hydrogen) atoms. The molecule has 0 bridgehead atoms. The van der Waals surface area contributed by atoms with Crippen molar-refractivity contribution in [2.75, 3.05) is 0 Å². The van der Waals surface area contributed by atoms with Gasteiger partial charge in [-0.1, -0.05) is 24.9 Å². The predicted molar refractivity (Wildman–Crippen MR) is 64.4 cm³/mol. The topological polar surface area (TPSA) is 3.88 Å². The Labute approximate surface area is 91.0 Å². The minimum atomic E-state index is 0.791. The van der Waals surface area contributed by atoms with E-state index in [-0.39, 0.29) is 0 Å². The van der Waals surface area contributed by atoms with Gasteiger partial charge in [0.05, 0.1) is 0 Å². The summed E-state index contributed by atoms with van der Waals surface area (Å²) in [4.78, 5) is 0. The lowest BCUT2D eigenvalue weighted by Gasteiger charge is -2.02. The van der Waals surface area contributed by atoms with Crippen molar-refractivity contribution >= 4 is 18.2 Å². The number of benzene rings is 1. The minimum absolute atomic E-state index is 0.791. The highest BCUT2D eigenvalue weighted by Gasteiger charge is 2.41. The molecule has 74 valence electrons. The van der Waals surface area contributed by atoms with Crippen LogP contribution in [0, 0.1) is 0 Å². The van der Waals surface area contributed by atoms with E-state index in [4.69, 9.17) is 0 Å². The van der Waals surface area contributed by atoms with Crippen LogP contribution in [0.3, 0.4) is 0 Å². The summed E-state index contributed by atoms with van der Waals surface area (Å²) in [5.74, 6) is 1.66. The molecule has 1 aliphatic heterocycles. The van der Waals surface area contributed by atoms with Crippen molar-refractivity contribution in [2.45, 2.75) is 18.6 Å². The van der Waals surface area contributed by atoms with Crippen molar-refractivity contribution in [3.63, 3.8) is 0 Å². The molecule has 2 atom stereocenters. The van der Waals surface area contributed by atoms with Gasteiger partial charge in [-0.15, -0.1) is 0 Å². The number of rotatable bonds is 1. The lowest BCUT2D eigenvalue weighted by molar-refractivity contribution is -0.652. The van der Waals surface area contributed by atoms with Gasteiger partial charge in [0.15, 0.2) is 5.69 Å². The monoisotopic (exact) mass is 196 g/mol. The molecule has 0 amide bonds. The van der Waals surface area contributed by atoms with Crippen molar-refractivity contribution in [3.8, 4) is 0 Å². The summed E-state index contributed by atoms with van der Waals surface area (Å²) >= 11 is 0. The normalized spacial score (nSPS) is 23.9. The van der Waals surface area contributed by atoms with Gasteiger partial charge in [0, 0.05) is 23.3 Å². The minimum Gasteiger partial charge on any atom is -0.199 e. The van der Waals surface area contributed by atoms with Crippen LogP contribution >= 0.6 is 0 Å². The van der Waals surface area contributed by atoms with E-state index in [0.717, 1.165) is 11.6 Å². The van der Waals surface area contributed by atoms with E-state index in [0.29, 0.717) is 0 Å². The van der Waals surface area contributed by atoms with Gasteiger partial charge in [0.2, 0.25) is 5.52 Å². The van der Waals surface area contributed by atoms with Crippen LogP contribution < -0.4 is 4.57 Å². The highest BCUT2D eigenvalue weighted by molar-refractivity contribution is 6.53. The van der Waals surface area contributed by atoms with Crippen LogP contribution in [0.2, 0.25) is 5.82 Å². The van der Waals surface area contributed by atoms with Crippen LogP contribution in [0.15, 0.2) is 36.4 Å². The molecule has 1 aliphatic rings. The number of aromatic nitrogens is 1. The van der Waals surface area contributed by atoms with E-state index in [2.05, 4.69) is 54.9 Å². The molecule has 0 spiro atoms. The van der Waals surface area contributed by atoms with E-state index >= 15 is 0 Å². The Morgan fingerprint density at radius 1 is 1.13 bits per heavy atom. The summed E-state index contributed by atoms with van der Waals surface area (Å²) in [6, 6.07) is 13.1. The van der Waals surface area contributed by atoms with Gasteiger partial charge in [0.25, 0.3) is 0 Å². The Balaban J connectivity index is 2.21. The van der Waals surface area contributed by atoms with Gasteiger partial charge in [-0.25, -0.2) is 0 Å². The first kappa shape index (κ1) is 8.96. The zero-order chi connectivity index (χ0) is 10.4. The molecular weight excluding hydrogens is 181 g/mol. The summed E-state index contributed by atoms with van der Waals surface area (Å²) in [7, 11) is 3.54. The zero-order valence-electron chi connectivity index (χ0n) is 9.27. The number of pyridine rings is 1. The van der Waals surface area contributed by atoms with Crippen LogP contribution in [-0.2, 0) is 7.05 Å². The largest absolute Gasteiger partial charge is 0.212 e. The average molecular weight is 196 g/mol. The fraction of sp³-hybridized carbons (Fsp3) is 0.308. The van der Waals surface area contributed by atoms with Crippen molar-refractivity contribution in [1.29, 1.82) is 0 Å². The molecule has 1 aromatic heterocycles. The molecule has 0 radical (unpaired) electrons. The fourth-order valence-electron chi connectivity index (χ4n) is 2.47. The molecular formula is C13H15BN+. The summed E-state index contributed by atoms with van der Waals surface area (Å²) < 4.78 is 2.35. The van der Waals surface area contributed by atoms with E-state index in [9.17, 15) is 0 Å². The van der Waals surface area contributed by atoms with Gasteiger partial charge in [-0.3, -0.25) is 0 Å². The van der Waals surface area contributed by atoms with Crippen LogP contribution in [0.1, 0.15) is 18.4 Å². The van der Waals surface area contributed by atoms with Gasteiger partial charge in [-0.2, -0.15) is 4.57 Å². The lowest BCUT2D eigenvalue weighted by Crippen LogP contribution is -2.34. The summed E-state index contributed by atoms with van der Waals surface area (Å²) in [6.07, 6.45) is 0. The van der Waals surface area contributed by atoms with Crippen molar-refractivity contribution in [3.05, 3.63) is 42.1 Å². The van der Waals surface area contributed by atoms with E-state index < -0.39 is 0 Å². The SMILES string of the molecule is C[C@@H]1BC1c1ccc2ccccc2[n+]1C. The second-order valence-corrected chi connectivity index (χ2v) is 4.70. The molecule has 2 aromatic rings. The fourth-order valence-corrected chi connectivity index (χ4v) is 2.47. The van der Waals surface area contributed by atoms with Crippen LogP contribution in [0.4, 0.5) is 0 Å². The predicted octanol–water partition coefficient (Wildman–Crippen LogP) is 1.96. The van der Waals surface area contributed by atoms with Gasteiger partial charge < -0.3 is 0 Å². The number of fused-ring (bicyclic) bond motifs is 1. The van der Waals surface area contributed by atoms with Gasteiger partial charge >= 0.3 is 0 Å². The van der Waals surface area contributed by atoms with Crippen molar-refractivity contribution < 1.29 is 4.57 Å². The summed E-state index contributed by atoms with van der Waals surface area (Å²) in [5, 5.41) is 1.33. The third kappa shape index (κ3) is 1.36. The molecule has 1 nitrogen and oxygen atoms in total. The summed E-state index contributed by atoms with van der Waals surface area (Å²) in [5.41, 5.74) is 2.83. The number of aryl methyl sites for hydroxylation is 1. The highest BCUT2D eigenvalue weighted by atomic mass is 14.9. The Bertz CT molecular complexity index is 521. The Morgan fingerprint density at radius 3 is 2.60 bits per heavy atom. The molecule has 1 unspecified atom stereocenters. The maximum Gasteiger partial charge on any atom is 0.212 e. The first-order chi connectivity index (χ1) is 7.27. The molecule has 0 N–H and O–H groups in total. The third-order valence-electron chi connectivity index (χ3n) is 3.61. The lowest BCUT2D eigenvalue weighted by atomic mass is 9.97. The number of para-hydroxylation sites is 1. The van der Waals surface area contributed by atoms with E-state index in [1.165, 1.54) is 23.9 Å². The molecule has 0 aliphatic carbocycles. The third-order valence-corrected chi connectivity index (χ3v) is 3.61. The molecule has 1 saturated heterocycles. The molecule has 1 fully saturated rings. The second-order valence-electron chi connectivity index (χ2n) is 4.70. The second kappa shape index (κ2) is 3.09. The molecule has 3 rings (SSSR count). The van der Waals surface area contributed by atoms with E-state index in [1.54, 1.807) is 0 Å². The zero-order valence-corrected chi connectivity index (χ0v) is 9.27. The van der Waals surface area contributed by atoms with Crippen LogP contribution in [-0.4, -0.2) is 7.28 Å². The smallest absolute Gasteiger partial charge is 0.199 e. The molecule has 2 heterocycles. The summed E-state index contributed by atoms with van der Waals surface area (Å²) in [6.45, 7) is 2.33. The van der Waals surface area contributed by atoms with Gasteiger partial charge in [0.1, 0.15) is 14.3 Å². The molecule has 2 heteroatoms. The molecule has 1 aromatic carbocycles. The quantitative estimate of drug-likeness (QED) is 0.485. The van der Waals surface area contributed by atoms with E-state index in [1.807, 2.05) is 0 Å². The maximum atomic E-state index is 2.35. The number of nitrogens with zero attached hydrogens (tertiary/aromatic N) is 1. The van der Waals surface area contributed by atoms with Gasteiger partial charge in [-0.05, 0) is 12.1 Å². The average Bonchev–Trinajstić information content (AvgIpc) is 2.96. The van der Waals surface area contributed by atoms with Crippen molar-refractivity contribution in [1.82, 2.24) is 0 Å². The molecule has 0 saturated carbocycles.